The van der Waals surface area contributed by atoms with E-state index < -0.39 is 5.82 Å². The zero-order valence-corrected chi connectivity index (χ0v) is 22.9. The van der Waals surface area contributed by atoms with E-state index in [9.17, 15) is 13.6 Å². The van der Waals surface area contributed by atoms with Gasteiger partial charge in [0.15, 0.2) is 11.6 Å². The molecule has 1 amide bonds. The highest BCUT2D eigenvalue weighted by atomic mass is 35.5. The summed E-state index contributed by atoms with van der Waals surface area (Å²) in [5.74, 6) is -0.658. The smallest absolute Gasteiger partial charge is 0.252 e. The Hall–Kier alpha value is -3.06. The number of nitrogens with one attached hydrogen (secondary N) is 2. The Morgan fingerprint density at radius 3 is 2.64 bits per heavy atom. The molecule has 0 unspecified atom stereocenters. The van der Waals surface area contributed by atoms with Gasteiger partial charge in [-0.2, -0.15) is 0 Å². The Balaban J connectivity index is 0.00000308. The summed E-state index contributed by atoms with van der Waals surface area (Å²) in [6, 6.07) is 8.35. The van der Waals surface area contributed by atoms with Gasteiger partial charge in [0.2, 0.25) is 0 Å². The van der Waals surface area contributed by atoms with Gasteiger partial charge in [-0.3, -0.25) is 4.79 Å². The number of carbonyl (C=O) groups excluding carboxylic acids is 1. The maximum atomic E-state index is 14.7. The first-order valence-corrected chi connectivity index (χ1v) is 14.1. The van der Waals surface area contributed by atoms with E-state index in [1.165, 1.54) is 25.0 Å². The predicted molar refractivity (Wildman–Crippen MR) is 152 cm³/mol. The number of fused-ring (bicyclic) bond motifs is 2. The second-order valence-electron chi connectivity index (χ2n) is 11.0. The van der Waals surface area contributed by atoms with Crippen LogP contribution in [0.4, 0.5) is 8.78 Å². The third-order valence-electron chi connectivity index (χ3n) is 8.47. The number of aromatic amines is 1. The molecule has 0 spiro atoms. The Kier molecular flexibility index (Phi) is 8.46. The fourth-order valence-electron chi connectivity index (χ4n) is 6.15. The van der Waals surface area contributed by atoms with Crippen LogP contribution in [0.25, 0.3) is 17.0 Å². The summed E-state index contributed by atoms with van der Waals surface area (Å²) in [5.41, 5.74) is 4.05. The number of nitrogens with zero attached hydrogens (tertiary/aromatic N) is 1. The van der Waals surface area contributed by atoms with Crippen molar-refractivity contribution >= 4 is 35.3 Å². The number of hydrogen-bond acceptors (Lipinski definition) is 3. The first-order valence-electron chi connectivity index (χ1n) is 14.1. The van der Waals surface area contributed by atoms with Gasteiger partial charge >= 0.3 is 0 Å². The quantitative estimate of drug-likeness (QED) is 0.310. The van der Waals surface area contributed by atoms with Crippen molar-refractivity contribution in [2.45, 2.75) is 76.3 Å². The number of halogens is 3. The van der Waals surface area contributed by atoms with Crippen LogP contribution in [0.15, 0.2) is 42.2 Å². The van der Waals surface area contributed by atoms with Crippen LogP contribution in [-0.2, 0) is 6.42 Å². The van der Waals surface area contributed by atoms with E-state index in [0.717, 1.165) is 80.1 Å². The monoisotopic (exact) mass is 555 g/mol. The molecule has 2 aliphatic carbocycles. The fraction of sp³-hybridized carbons (Fsp3) is 0.452. The number of carbonyl (C=O) groups is 1. The molecule has 6 rings (SSSR count). The molecule has 3 aromatic rings. The van der Waals surface area contributed by atoms with Crippen molar-refractivity contribution in [3.05, 3.63) is 70.6 Å². The minimum atomic E-state index is -0.439. The molecule has 5 nitrogen and oxygen atoms in total. The van der Waals surface area contributed by atoms with Gasteiger partial charge in [0.05, 0.1) is 11.3 Å². The SMILES string of the molecule is Cl.O=C(NC1CCCCC1)c1ccc(F)c2c1C=C(N(CCCc1c[nH]c3ccc(F)cc13)C1CCC1)CO2. The van der Waals surface area contributed by atoms with Crippen molar-refractivity contribution in [2.75, 3.05) is 13.2 Å². The highest BCUT2D eigenvalue weighted by Crippen LogP contribution is 2.36. The summed E-state index contributed by atoms with van der Waals surface area (Å²) in [6.45, 7) is 1.10. The van der Waals surface area contributed by atoms with E-state index in [-0.39, 0.29) is 42.5 Å². The van der Waals surface area contributed by atoms with E-state index in [1.54, 1.807) is 18.2 Å². The lowest BCUT2D eigenvalue weighted by molar-refractivity contribution is 0.0926. The van der Waals surface area contributed by atoms with Crippen LogP contribution in [0.5, 0.6) is 5.75 Å². The predicted octanol–water partition coefficient (Wildman–Crippen LogP) is 7.15. The average molecular weight is 556 g/mol. The largest absolute Gasteiger partial charge is 0.484 e. The topological polar surface area (TPSA) is 57.4 Å². The first kappa shape index (κ1) is 27.5. The maximum Gasteiger partial charge on any atom is 0.252 e. The van der Waals surface area contributed by atoms with Crippen LogP contribution in [0.1, 0.15) is 79.3 Å². The molecule has 3 aliphatic rings. The van der Waals surface area contributed by atoms with E-state index in [4.69, 9.17) is 4.74 Å². The number of benzene rings is 2. The summed E-state index contributed by atoms with van der Waals surface area (Å²) in [7, 11) is 0. The van der Waals surface area contributed by atoms with Crippen LogP contribution >= 0.6 is 12.4 Å². The van der Waals surface area contributed by atoms with E-state index in [0.29, 0.717) is 17.2 Å². The molecule has 1 aliphatic heterocycles. The van der Waals surface area contributed by atoms with Gasteiger partial charge in [-0.25, -0.2) is 8.78 Å². The van der Waals surface area contributed by atoms with Gasteiger partial charge in [0, 0.05) is 41.3 Å². The fourth-order valence-corrected chi connectivity index (χ4v) is 6.15. The highest BCUT2D eigenvalue weighted by Gasteiger charge is 2.30. The van der Waals surface area contributed by atoms with Crippen molar-refractivity contribution in [3.63, 3.8) is 0 Å². The molecular formula is C31H36ClF2N3O2. The van der Waals surface area contributed by atoms with E-state index >= 15 is 0 Å². The lowest BCUT2D eigenvalue weighted by Crippen LogP contribution is -2.42. The lowest BCUT2D eigenvalue weighted by atomic mass is 9.90. The van der Waals surface area contributed by atoms with Crippen LogP contribution in [-0.4, -0.2) is 41.0 Å². The number of aryl methyl sites for hydroxylation is 1. The van der Waals surface area contributed by atoms with Crippen molar-refractivity contribution in [1.29, 1.82) is 0 Å². The summed E-state index contributed by atoms with van der Waals surface area (Å²) >= 11 is 0. The Morgan fingerprint density at radius 1 is 1.05 bits per heavy atom. The van der Waals surface area contributed by atoms with Crippen molar-refractivity contribution in [2.24, 2.45) is 0 Å². The molecule has 2 saturated carbocycles. The van der Waals surface area contributed by atoms with Gasteiger partial charge in [-0.1, -0.05) is 19.3 Å². The Labute approximate surface area is 234 Å². The van der Waals surface area contributed by atoms with Gasteiger partial charge < -0.3 is 19.9 Å². The van der Waals surface area contributed by atoms with Crippen LogP contribution < -0.4 is 10.1 Å². The number of ether oxygens (including phenoxy) is 1. The molecule has 8 heteroatoms. The minimum absolute atomic E-state index is 0. The number of rotatable bonds is 8. The maximum absolute atomic E-state index is 14.7. The lowest BCUT2D eigenvalue weighted by Gasteiger charge is -2.41. The molecule has 2 N–H and O–H groups in total. The molecular weight excluding hydrogens is 520 g/mol. The number of amides is 1. The molecule has 0 radical (unpaired) electrons. The Morgan fingerprint density at radius 2 is 1.87 bits per heavy atom. The number of hydrogen-bond donors (Lipinski definition) is 2. The van der Waals surface area contributed by atoms with Crippen molar-refractivity contribution in [1.82, 2.24) is 15.2 Å². The van der Waals surface area contributed by atoms with Crippen LogP contribution in [0.2, 0.25) is 0 Å². The molecule has 2 fully saturated rings. The third kappa shape index (κ3) is 5.79. The molecule has 39 heavy (non-hydrogen) atoms. The second-order valence-corrected chi connectivity index (χ2v) is 11.0. The second kappa shape index (κ2) is 12.0. The molecule has 2 heterocycles. The summed E-state index contributed by atoms with van der Waals surface area (Å²) < 4.78 is 34.5. The number of aromatic nitrogens is 1. The third-order valence-corrected chi connectivity index (χ3v) is 8.47. The molecule has 0 atom stereocenters. The van der Waals surface area contributed by atoms with Gasteiger partial charge in [0.1, 0.15) is 12.4 Å². The first-order chi connectivity index (χ1) is 18.6. The van der Waals surface area contributed by atoms with Gasteiger partial charge in [0.25, 0.3) is 5.91 Å². The highest BCUT2D eigenvalue weighted by molar-refractivity contribution is 5.99. The van der Waals surface area contributed by atoms with Crippen LogP contribution in [0, 0.1) is 11.6 Å². The van der Waals surface area contributed by atoms with Crippen LogP contribution in [0.3, 0.4) is 0 Å². The standard InChI is InChI=1S/C31H35F2N3O2.ClH/c32-21-11-14-29-26(16-21)20(18-34-29)6-5-15-36(23-9-4-10-23)24-17-27-25(12-13-28(33)30(27)38-19-24)31(37)35-22-7-2-1-3-8-22;/h11-14,16-18,22-23,34H,1-10,15,19H2,(H,35,37);1H. The van der Waals surface area contributed by atoms with Gasteiger partial charge in [-0.15, -0.1) is 12.4 Å². The average Bonchev–Trinajstić information content (AvgIpc) is 3.29. The molecule has 0 bridgehead atoms. The Bertz CT molecular complexity index is 1360. The molecule has 2 aromatic carbocycles. The van der Waals surface area contributed by atoms with E-state index in [1.807, 2.05) is 12.3 Å². The van der Waals surface area contributed by atoms with Gasteiger partial charge in [-0.05, 0) is 86.9 Å². The molecule has 208 valence electrons. The summed E-state index contributed by atoms with van der Waals surface area (Å²) in [6.07, 6.45) is 14.5. The zero-order chi connectivity index (χ0) is 26.1. The molecule has 1 aromatic heterocycles. The van der Waals surface area contributed by atoms with E-state index in [2.05, 4.69) is 15.2 Å². The van der Waals surface area contributed by atoms with Crippen molar-refractivity contribution in [3.8, 4) is 5.75 Å². The number of H-pyrrole nitrogens is 1. The van der Waals surface area contributed by atoms with Crippen molar-refractivity contribution < 1.29 is 18.3 Å². The zero-order valence-electron chi connectivity index (χ0n) is 22.1. The summed E-state index contributed by atoms with van der Waals surface area (Å²) in [5, 5.41) is 4.10. The normalized spacial score (nSPS) is 17.4. The molecule has 0 saturated heterocycles. The summed E-state index contributed by atoms with van der Waals surface area (Å²) in [4.78, 5) is 18.9. The minimum Gasteiger partial charge on any atom is -0.484 e.